The number of carbonyl (C=O) groups is 1. The van der Waals surface area contributed by atoms with Crippen molar-refractivity contribution in [1.29, 1.82) is 0 Å². The Kier molecular flexibility index (Phi) is 6.27. The Hall–Kier alpha value is -1.65. The third kappa shape index (κ3) is 4.93. The number of aryl methyl sites for hydroxylation is 1. The first-order chi connectivity index (χ1) is 12.1. The molecule has 0 aromatic heterocycles. The second-order valence-corrected chi connectivity index (χ2v) is 8.02. The summed E-state index contributed by atoms with van der Waals surface area (Å²) in [6, 6.07) is 16.1. The van der Waals surface area contributed by atoms with Gasteiger partial charge in [-0.2, -0.15) is 11.8 Å². The molecule has 0 aliphatic carbocycles. The molecule has 2 aromatic rings. The van der Waals surface area contributed by atoms with Crippen LogP contribution in [0.1, 0.15) is 28.4 Å². The van der Waals surface area contributed by atoms with E-state index in [1.807, 2.05) is 40.9 Å². The zero-order valence-corrected chi connectivity index (χ0v) is 15.9. The Balaban J connectivity index is 1.54. The van der Waals surface area contributed by atoms with Crippen molar-refractivity contribution in [1.82, 2.24) is 10.2 Å². The van der Waals surface area contributed by atoms with Crippen molar-refractivity contribution in [2.24, 2.45) is 0 Å². The molecule has 0 spiro atoms. The number of thioether (sulfide) groups is 1. The predicted molar refractivity (Wildman–Crippen MR) is 106 cm³/mol. The number of amides is 2. The van der Waals surface area contributed by atoms with E-state index < -0.39 is 0 Å². The summed E-state index contributed by atoms with van der Waals surface area (Å²) in [5.41, 5.74) is 3.79. The third-order valence-corrected chi connectivity index (χ3v) is 6.08. The first kappa shape index (κ1) is 18.2. The Labute approximate surface area is 158 Å². The normalized spacial score (nSPS) is 17.8. The van der Waals surface area contributed by atoms with Crippen LogP contribution in [0.4, 0.5) is 4.79 Å². The quantitative estimate of drug-likeness (QED) is 0.816. The molecule has 1 aliphatic rings. The summed E-state index contributed by atoms with van der Waals surface area (Å²) in [4.78, 5) is 14.4. The van der Waals surface area contributed by atoms with Gasteiger partial charge in [-0.05, 0) is 42.2 Å². The van der Waals surface area contributed by atoms with Gasteiger partial charge in [-0.1, -0.05) is 48.0 Å². The smallest absolute Gasteiger partial charge is 0.317 e. The topological polar surface area (TPSA) is 32.3 Å². The Morgan fingerprint density at radius 3 is 2.72 bits per heavy atom. The zero-order valence-electron chi connectivity index (χ0n) is 14.4. The molecule has 1 atom stereocenters. The van der Waals surface area contributed by atoms with E-state index in [9.17, 15) is 4.79 Å². The average molecular weight is 375 g/mol. The van der Waals surface area contributed by atoms with E-state index in [2.05, 4.69) is 36.5 Å². The number of hydrogen-bond donors (Lipinski definition) is 1. The van der Waals surface area contributed by atoms with Crippen molar-refractivity contribution in [3.63, 3.8) is 0 Å². The summed E-state index contributed by atoms with van der Waals surface area (Å²) in [6.45, 7) is 4.27. The fourth-order valence-electron chi connectivity index (χ4n) is 3.06. The Morgan fingerprint density at radius 1 is 1.20 bits per heavy atom. The molecule has 3 rings (SSSR count). The molecule has 1 aliphatic heterocycles. The number of nitrogens with zero attached hydrogens (tertiary/aromatic N) is 1. The highest BCUT2D eigenvalue weighted by atomic mass is 35.5. The number of hydrogen-bond acceptors (Lipinski definition) is 2. The Morgan fingerprint density at radius 2 is 1.96 bits per heavy atom. The van der Waals surface area contributed by atoms with Gasteiger partial charge in [0.1, 0.15) is 0 Å². The number of halogens is 1. The highest BCUT2D eigenvalue weighted by Crippen LogP contribution is 2.35. The molecule has 25 heavy (non-hydrogen) atoms. The van der Waals surface area contributed by atoms with Gasteiger partial charge in [0.05, 0.1) is 0 Å². The first-order valence-electron chi connectivity index (χ1n) is 8.58. The maximum Gasteiger partial charge on any atom is 0.317 e. The molecule has 1 fully saturated rings. The van der Waals surface area contributed by atoms with Gasteiger partial charge in [-0.3, -0.25) is 0 Å². The van der Waals surface area contributed by atoms with Crippen LogP contribution in [-0.4, -0.2) is 29.8 Å². The predicted octanol–water partition coefficient (Wildman–Crippen LogP) is 5.04. The molecule has 0 radical (unpaired) electrons. The number of urea groups is 1. The van der Waals surface area contributed by atoms with Gasteiger partial charge in [0, 0.05) is 35.7 Å². The SMILES string of the molecule is Cc1ccccc1C1CCN(C(=O)NCc2ccc(Cl)cc2)CCS1. The maximum atomic E-state index is 12.5. The minimum atomic E-state index is 0.0148. The lowest BCUT2D eigenvalue weighted by atomic mass is 10.0. The number of nitrogens with one attached hydrogen (secondary N) is 1. The summed E-state index contributed by atoms with van der Waals surface area (Å²) >= 11 is 7.84. The lowest BCUT2D eigenvalue weighted by Gasteiger charge is -2.21. The molecular weight excluding hydrogens is 352 g/mol. The van der Waals surface area contributed by atoms with Crippen molar-refractivity contribution in [3.05, 3.63) is 70.2 Å². The van der Waals surface area contributed by atoms with Crippen LogP contribution < -0.4 is 5.32 Å². The van der Waals surface area contributed by atoms with Gasteiger partial charge >= 0.3 is 6.03 Å². The minimum absolute atomic E-state index is 0.0148. The van der Waals surface area contributed by atoms with Crippen LogP contribution in [0.3, 0.4) is 0 Å². The highest BCUT2D eigenvalue weighted by Gasteiger charge is 2.22. The second-order valence-electron chi connectivity index (χ2n) is 6.28. The fraction of sp³-hybridized carbons (Fsp3) is 0.350. The maximum absolute atomic E-state index is 12.5. The van der Waals surface area contributed by atoms with E-state index >= 15 is 0 Å². The van der Waals surface area contributed by atoms with Gasteiger partial charge in [0.25, 0.3) is 0 Å². The molecule has 5 heteroatoms. The lowest BCUT2D eigenvalue weighted by molar-refractivity contribution is 0.200. The molecule has 1 unspecified atom stereocenters. The molecular formula is C20H23ClN2OS. The van der Waals surface area contributed by atoms with Gasteiger partial charge < -0.3 is 10.2 Å². The Bertz CT molecular complexity index is 720. The van der Waals surface area contributed by atoms with Crippen LogP contribution in [0.5, 0.6) is 0 Å². The molecule has 0 bridgehead atoms. The van der Waals surface area contributed by atoms with Gasteiger partial charge in [0.15, 0.2) is 0 Å². The fourth-order valence-corrected chi connectivity index (χ4v) is 4.51. The number of carbonyl (C=O) groups excluding carboxylic acids is 1. The minimum Gasteiger partial charge on any atom is -0.334 e. The highest BCUT2D eigenvalue weighted by molar-refractivity contribution is 7.99. The van der Waals surface area contributed by atoms with Crippen molar-refractivity contribution in [2.45, 2.75) is 25.1 Å². The van der Waals surface area contributed by atoms with E-state index in [0.717, 1.165) is 30.8 Å². The van der Waals surface area contributed by atoms with Crippen LogP contribution in [0, 0.1) is 6.92 Å². The van der Waals surface area contributed by atoms with E-state index in [0.29, 0.717) is 16.8 Å². The zero-order chi connectivity index (χ0) is 17.6. The largest absolute Gasteiger partial charge is 0.334 e. The molecule has 2 amide bonds. The van der Waals surface area contributed by atoms with Gasteiger partial charge in [-0.25, -0.2) is 4.79 Å². The van der Waals surface area contributed by atoms with E-state index in [1.165, 1.54) is 11.1 Å². The molecule has 2 aromatic carbocycles. The lowest BCUT2D eigenvalue weighted by Crippen LogP contribution is -2.40. The number of rotatable bonds is 3. The average Bonchev–Trinajstić information content (AvgIpc) is 2.87. The van der Waals surface area contributed by atoms with Crippen LogP contribution >= 0.6 is 23.4 Å². The molecule has 3 nitrogen and oxygen atoms in total. The number of benzene rings is 2. The van der Waals surface area contributed by atoms with E-state index in [1.54, 1.807) is 0 Å². The van der Waals surface area contributed by atoms with Crippen molar-refractivity contribution in [2.75, 3.05) is 18.8 Å². The van der Waals surface area contributed by atoms with Gasteiger partial charge in [-0.15, -0.1) is 0 Å². The summed E-state index contributed by atoms with van der Waals surface area (Å²) in [7, 11) is 0. The first-order valence-corrected chi connectivity index (χ1v) is 10.0. The van der Waals surface area contributed by atoms with Crippen LogP contribution in [0.2, 0.25) is 5.02 Å². The molecule has 1 saturated heterocycles. The van der Waals surface area contributed by atoms with Crippen LogP contribution in [0.15, 0.2) is 48.5 Å². The van der Waals surface area contributed by atoms with Crippen molar-refractivity contribution < 1.29 is 4.79 Å². The van der Waals surface area contributed by atoms with Gasteiger partial charge in [0.2, 0.25) is 0 Å². The second kappa shape index (κ2) is 8.63. The molecule has 0 saturated carbocycles. The summed E-state index contributed by atoms with van der Waals surface area (Å²) in [5, 5.41) is 4.19. The molecule has 132 valence electrons. The summed E-state index contributed by atoms with van der Waals surface area (Å²) in [6.07, 6.45) is 0.990. The third-order valence-electron chi connectivity index (χ3n) is 4.52. The summed E-state index contributed by atoms with van der Waals surface area (Å²) < 4.78 is 0. The standard InChI is InChI=1S/C20H23ClN2OS/c1-15-4-2-3-5-18(15)19-10-11-23(12-13-25-19)20(24)22-14-16-6-8-17(21)9-7-16/h2-9,19H,10-14H2,1H3,(H,22,24). The van der Waals surface area contributed by atoms with Crippen LogP contribution in [-0.2, 0) is 6.54 Å². The van der Waals surface area contributed by atoms with Crippen molar-refractivity contribution in [3.8, 4) is 0 Å². The molecule has 1 N–H and O–H groups in total. The van der Waals surface area contributed by atoms with E-state index in [4.69, 9.17) is 11.6 Å². The summed E-state index contributed by atoms with van der Waals surface area (Å²) in [5.74, 6) is 0.966. The molecule has 1 heterocycles. The van der Waals surface area contributed by atoms with Crippen LogP contribution in [0.25, 0.3) is 0 Å². The van der Waals surface area contributed by atoms with Crippen molar-refractivity contribution >= 4 is 29.4 Å². The van der Waals surface area contributed by atoms with E-state index in [-0.39, 0.29) is 6.03 Å². The monoisotopic (exact) mass is 374 g/mol.